The van der Waals surface area contributed by atoms with Crippen LogP contribution < -0.4 is 31.7 Å². The summed E-state index contributed by atoms with van der Waals surface area (Å²) >= 11 is 0. The van der Waals surface area contributed by atoms with Gasteiger partial charge in [0.2, 0.25) is 29.5 Å². The zero-order valence-electron chi connectivity index (χ0n) is 44.0. The minimum Gasteiger partial charge on any atom is -0.429 e. The highest BCUT2D eigenvalue weighted by Crippen LogP contribution is 2.59. The number of nitro groups is 1. The van der Waals surface area contributed by atoms with Crippen LogP contribution in [0.5, 0.6) is 5.75 Å². The summed E-state index contributed by atoms with van der Waals surface area (Å²) in [6.45, 7) is 14.3. The van der Waals surface area contributed by atoms with Gasteiger partial charge in [-0.15, -0.1) is 0 Å². The van der Waals surface area contributed by atoms with Crippen LogP contribution in [0.2, 0.25) is 0 Å². The van der Waals surface area contributed by atoms with Crippen molar-refractivity contribution in [2.45, 2.75) is 175 Å². The topological polar surface area (TPSA) is 247 Å². The Morgan fingerprint density at radius 2 is 1.60 bits per heavy atom. The van der Waals surface area contributed by atoms with Gasteiger partial charge < -0.3 is 41.2 Å². The number of nitro benzene ring substituents is 1. The van der Waals surface area contributed by atoms with Gasteiger partial charge in [-0.25, -0.2) is 4.79 Å². The van der Waals surface area contributed by atoms with E-state index in [1.807, 2.05) is 0 Å². The van der Waals surface area contributed by atoms with Crippen LogP contribution in [0.15, 0.2) is 60.2 Å². The third-order valence-corrected chi connectivity index (χ3v) is 15.7. The lowest BCUT2D eigenvalue weighted by Gasteiger charge is -2.54. The van der Waals surface area contributed by atoms with Gasteiger partial charge in [0.25, 0.3) is 5.69 Å². The molecule has 2 aromatic rings. The average Bonchev–Trinajstić information content (AvgIpc) is 3.35. The van der Waals surface area contributed by atoms with Crippen molar-refractivity contribution in [2.24, 2.45) is 46.7 Å². The summed E-state index contributed by atoms with van der Waals surface area (Å²) in [5, 5.41) is 21.3. The van der Waals surface area contributed by atoms with Gasteiger partial charge in [-0.1, -0.05) is 96.9 Å². The van der Waals surface area contributed by atoms with E-state index >= 15 is 0 Å². The fourth-order valence-electron chi connectivity index (χ4n) is 11.4. The summed E-state index contributed by atoms with van der Waals surface area (Å²) in [6.07, 6.45) is 18.2. The third-order valence-electron chi connectivity index (χ3n) is 15.7. The van der Waals surface area contributed by atoms with Crippen LogP contribution in [0.3, 0.4) is 0 Å². The van der Waals surface area contributed by atoms with Crippen LogP contribution in [0.1, 0.15) is 156 Å². The molecule has 3 aliphatic carbocycles. The number of non-ortho nitro benzene ring substituents is 1. The summed E-state index contributed by atoms with van der Waals surface area (Å²) in [6, 6.07) is 8.53. The number of allylic oxidation sites excluding steroid dienone is 1. The summed E-state index contributed by atoms with van der Waals surface area (Å²) < 4.78 is 16.5. The number of fused-ring (bicyclic) bond motifs is 3. The van der Waals surface area contributed by atoms with E-state index in [2.05, 4.69) is 62.0 Å². The molecule has 2 aromatic carbocycles. The Kier molecular flexibility index (Phi) is 22.7. The van der Waals surface area contributed by atoms with Gasteiger partial charge in [-0.2, -0.15) is 0 Å². The molecule has 0 bridgehead atoms. The first-order valence-corrected chi connectivity index (χ1v) is 26.8. The largest absolute Gasteiger partial charge is 0.514 e. The lowest BCUT2D eigenvalue weighted by molar-refractivity contribution is -0.384. The number of carbonyl (C=O) groups is 6. The Labute approximate surface area is 431 Å². The number of nitrogens with two attached hydrogens (primary N) is 1. The second-order valence-electron chi connectivity index (χ2n) is 21.4. The number of anilines is 1. The number of hydrogen-bond acceptors (Lipinski definition) is 11. The van der Waals surface area contributed by atoms with Crippen LogP contribution in [-0.2, 0) is 40.1 Å². The number of nitrogens with zero attached hydrogens (tertiary/aromatic N) is 1. The van der Waals surface area contributed by atoms with E-state index in [1.54, 1.807) is 17.7 Å². The smallest absolute Gasteiger partial charge is 0.429 e. The van der Waals surface area contributed by atoms with Gasteiger partial charge in [0.1, 0.15) is 24.4 Å². The molecule has 0 aromatic heterocycles. The van der Waals surface area contributed by atoms with Crippen LogP contribution in [0.25, 0.3) is 0 Å². The quantitative estimate of drug-likeness (QED) is 0.0134. The molecule has 0 aliphatic heterocycles. The van der Waals surface area contributed by atoms with E-state index in [1.165, 1.54) is 114 Å². The molecule has 5 rings (SSSR count). The van der Waals surface area contributed by atoms with E-state index < -0.39 is 53.2 Å². The second-order valence-corrected chi connectivity index (χ2v) is 21.4. The average molecular weight is 1020 g/mol. The highest BCUT2D eigenvalue weighted by atomic mass is 16.7. The maximum absolute atomic E-state index is 13.1. The van der Waals surface area contributed by atoms with E-state index in [9.17, 15) is 38.9 Å². The predicted molar refractivity (Wildman–Crippen MR) is 279 cm³/mol. The van der Waals surface area contributed by atoms with Crippen LogP contribution >= 0.6 is 0 Å². The standard InChI is InChI=1S/C56H82N6O11/c1-7-40(37(4)12-8-11-36(2)3)17-18-41-13-9-14-48-47(41)26-19-42-33-46(29-30-56(42,48)6)71-32-10-31-58-51(64)27-28-52(65)59-38(5)53(66)61-49(34-50(57)63)54(67)60-43-20-15-39(16-21-43)35-72-55(68)73-45-24-22-44(23-25-45)62(69)70/h15-16,19-25,36-38,40-41,46-49H,7-14,17-18,26-35H2,1-6H3,(H2,57,63)(H,58,64)(H,59,65)(H,60,67)(H,61,66)/t37-,38+,40-,41+,46+,47+,48+,49+,56+/m1/s1. The van der Waals surface area contributed by atoms with Crippen molar-refractivity contribution in [2.75, 3.05) is 18.5 Å². The zero-order chi connectivity index (χ0) is 53.1. The Morgan fingerprint density at radius 1 is 0.877 bits per heavy atom. The number of carbonyl (C=O) groups excluding carboxylic acids is 6. The molecule has 9 atom stereocenters. The SMILES string of the molecule is CC[C@H](CC[C@@H]1CCC[C@H]2[C@H]1CC=C1C[C@@H](OCCCNC(=O)CCC(=O)N[C@@H](C)C(=O)N[C@@H](CC(N)=O)C(=O)Nc3ccc(COC(=O)Oc4ccc([N+](=O)[O-])cc4)cc3)CC[C@@]12C)[C@H](C)CCCC(C)C. The fraction of sp³-hybridized carbons (Fsp3) is 0.643. The van der Waals surface area contributed by atoms with Gasteiger partial charge in [0.05, 0.1) is 17.4 Å². The normalized spacial score (nSPS) is 21.9. The Bertz CT molecular complexity index is 2200. The first-order valence-electron chi connectivity index (χ1n) is 26.8. The Hall–Kier alpha value is -5.84. The maximum atomic E-state index is 13.1. The second kappa shape index (κ2) is 28.6. The summed E-state index contributed by atoms with van der Waals surface area (Å²) in [5.41, 5.74) is 7.89. The van der Waals surface area contributed by atoms with Crippen molar-refractivity contribution in [1.82, 2.24) is 16.0 Å². The molecule has 73 heavy (non-hydrogen) atoms. The molecule has 5 amide bonds. The maximum Gasteiger partial charge on any atom is 0.514 e. The number of rotatable bonds is 28. The molecule has 402 valence electrons. The van der Waals surface area contributed by atoms with Gasteiger partial charge >= 0.3 is 6.16 Å². The van der Waals surface area contributed by atoms with E-state index in [4.69, 9.17) is 19.9 Å². The van der Waals surface area contributed by atoms with Crippen LogP contribution in [-0.4, -0.2) is 72.0 Å². The first-order chi connectivity index (χ1) is 34.8. The molecule has 2 saturated carbocycles. The number of amides is 5. The van der Waals surface area contributed by atoms with Gasteiger partial charge in [0, 0.05) is 43.8 Å². The van der Waals surface area contributed by atoms with Crippen molar-refractivity contribution in [1.29, 1.82) is 0 Å². The number of benzene rings is 2. The summed E-state index contributed by atoms with van der Waals surface area (Å²) in [5.74, 6) is 1.73. The molecule has 0 unspecified atom stereocenters. The van der Waals surface area contributed by atoms with Gasteiger partial charge in [0.15, 0.2) is 0 Å². The Morgan fingerprint density at radius 3 is 2.29 bits per heavy atom. The molecule has 0 saturated heterocycles. The number of hydrogen-bond donors (Lipinski definition) is 5. The van der Waals surface area contributed by atoms with Crippen LogP contribution in [0.4, 0.5) is 16.2 Å². The minimum atomic E-state index is -1.37. The van der Waals surface area contributed by atoms with Crippen molar-refractivity contribution < 1.29 is 47.9 Å². The van der Waals surface area contributed by atoms with E-state index in [-0.39, 0.29) is 48.3 Å². The summed E-state index contributed by atoms with van der Waals surface area (Å²) in [7, 11) is 0. The molecule has 3 aliphatic rings. The molecular formula is C56H82N6O11. The molecule has 2 fully saturated rings. The van der Waals surface area contributed by atoms with Gasteiger partial charge in [-0.3, -0.25) is 34.1 Å². The molecular weight excluding hydrogens is 933 g/mol. The molecule has 0 spiro atoms. The van der Waals surface area contributed by atoms with E-state index in [0.717, 1.165) is 48.3 Å². The first kappa shape index (κ1) is 58.1. The summed E-state index contributed by atoms with van der Waals surface area (Å²) in [4.78, 5) is 85.7. The molecule has 6 N–H and O–H groups in total. The number of nitrogens with one attached hydrogen (secondary N) is 4. The van der Waals surface area contributed by atoms with Crippen molar-refractivity contribution >= 4 is 47.1 Å². The number of primary amides is 1. The lowest BCUT2D eigenvalue weighted by atomic mass is 9.51. The zero-order valence-corrected chi connectivity index (χ0v) is 44.0. The lowest BCUT2D eigenvalue weighted by Crippen LogP contribution is -2.52. The predicted octanol–water partition coefficient (Wildman–Crippen LogP) is 9.61. The highest BCUT2D eigenvalue weighted by molar-refractivity contribution is 6.00. The monoisotopic (exact) mass is 1010 g/mol. The molecule has 17 nitrogen and oxygen atoms in total. The van der Waals surface area contributed by atoms with Crippen LogP contribution in [0, 0.1) is 51.0 Å². The van der Waals surface area contributed by atoms with Crippen molar-refractivity contribution in [3.05, 3.63) is 75.9 Å². The highest BCUT2D eigenvalue weighted by Gasteiger charge is 2.49. The number of ether oxygens (including phenoxy) is 3. The minimum absolute atomic E-state index is 0.0566. The Balaban J connectivity index is 0.954. The molecule has 17 heteroatoms. The van der Waals surface area contributed by atoms with Crippen molar-refractivity contribution in [3.8, 4) is 5.75 Å². The molecule has 0 radical (unpaired) electrons. The third kappa shape index (κ3) is 18.3. The van der Waals surface area contributed by atoms with Gasteiger partial charge in [-0.05, 0) is 129 Å². The van der Waals surface area contributed by atoms with Crippen molar-refractivity contribution in [3.63, 3.8) is 0 Å². The fourth-order valence-corrected chi connectivity index (χ4v) is 11.4. The molecule has 0 heterocycles. The van der Waals surface area contributed by atoms with E-state index in [0.29, 0.717) is 30.8 Å².